The van der Waals surface area contributed by atoms with Crippen molar-refractivity contribution in [3.05, 3.63) is 58.7 Å². The molecule has 3 rings (SSSR count). The maximum atomic E-state index is 10.8. The van der Waals surface area contributed by atoms with Crippen molar-refractivity contribution in [1.29, 1.82) is 0 Å². The van der Waals surface area contributed by atoms with E-state index in [0.717, 1.165) is 35.1 Å². The van der Waals surface area contributed by atoms with Gasteiger partial charge in [-0.1, -0.05) is 84.7 Å². The zero-order valence-corrected chi connectivity index (χ0v) is 20.6. The molecule has 3 N–H and O–H groups in total. The van der Waals surface area contributed by atoms with Gasteiger partial charge in [-0.25, -0.2) is 0 Å². The number of para-hydroxylation sites is 2. The number of benzene rings is 2. The van der Waals surface area contributed by atoms with Gasteiger partial charge in [0.1, 0.15) is 11.5 Å². The second-order valence-electron chi connectivity index (χ2n) is 11.2. The molecule has 4 nitrogen and oxygen atoms in total. The number of nitrogens with one attached hydrogen (secondary N) is 1. The van der Waals surface area contributed by atoms with Gasteiger partial charge < -0.3 is 15.5 Å². The lowest BCUT2D eigenvalue weighted by atomic mass is 9.85. The van der Waals surface area contributed by atoms with Crippen LogP contribution in [0.3, 0.4) is 0 Å². The molecule has 174 valence electrons. The van der Waals surface area contributed by atoms with Crippen molar-refractivity contribution >= 4 is 6.21 Å². The molecule has 0 spiro atoms. The third-order valence-corrected chi connectivity index (χ3v) is 6.49. The molecule has 0 aromatic heterocycles. The summed E-state index contributed by atoms with van der Waals surface area (Å²) in [5.74, 6) is 0.722. The summed E-state index contributed by atoms with van der Waals surface area (Å²) in [5.41, 5.74) is 3.41. The fourth-order valence-corrected chi connectivity index (χ4v) is 4.55. The van der Waals surface area contributed by atoms with E-state index in [2.05, 4.69) is 46.9 Å². The highest BCUT2D eigenvalue weighted by Gasteiger charge is 2.25. The largest absolute Gasteiger partial charge is 0.507 e. The highest BCUT2D eigenvalue weighted by Crippen LogP contribution is 2.34. The first-order valence-electron chi connectivity index (χ1n) is 11.9. The predicted octanol–water partition coefficient (Wildman–Crippen LogP) is 6.21. The Morgan fingerprint density at radius 1 is 0.875 bits per heavy atom. The summed E-state index contributed by atoms with van der Waals surface area (Å²) in [7, 11) is 0. The summed E-state index contributed by atoms with van der Waals surface area (Å²) < 4.78 is 0. The maximum Gasteiger partial charge on any atom is 0.128 e. The number of aliphatic imine (C=N–C) groups is 1. The molecule has 2 aromatic rings. The number of hydrogen-bond donors (Lipinski definition) is 3. The minimum absolute atomic E-state index is 0.0959. The summed E-state index contributed by atoms with van der Waals surface area (Å²) in [5, 5.41) is 25.2. The van der Waals surface area contributed by atoms with Crippen LogP contribution >= 0.6 is 0 Å². The van der Waals surface area contributed by atoms with Crippen molar-refractivity contribution in [3.63, 3.8) is 0 Å². The Labute approximate surface area is 193 Å². The van der Waals surface area contributed by atoms with Crippen molar-refractivity contribution < 1.29 is 10.2 Å². The second-order valence-corrected chi connectivity index (χ2v) is 11.2. The number of phenols is 2. The van der Waals surface area contributed by atoms with Gasteiger partial charge in [-0.2, -0.15) is 0 Å². The van der Waals surface area contributed by atoms with Gasteiger partial charge >= 0.3 is 0 Å². The van der Waals surface area contributed by atoms with E-state index in [1.54, 1.807) is 0 Å². The number of aromatic hydroxyl groups is 2. The topological polar surface area (TPSA) is 64.9 Å². The Morgan fingerprint density at radius 2 is 1.47 bits per heavy atom. The highest BCUT2D eigenvalue weighted by atomic mass is 16.3. The monoisotopic (exact) mass is 436 g/mol. The van der Waals surface area contributed by atoms with E-state index >= 15 is 0 Å². The first-order chi connectivity index (χ1) is 15.0. The normalized spacial score (nSPS) is 20.1. The van der Waals surface area contributed by atoms with E-state index in [9.17, 15) is 10.2 Å². The molecule has 1 saturated carbocycles. The molecule has 0 bridgehead atoms. The summed E-state index contributed by atoms with van der Waals surface area (Å²) in [4.78, 5) is 4.90. The average molecular weight is 437 g/mol. The lowest BCUT2D eigenvalue weighted by Gasteiger charge is -2.30. The Balaban J connectivity index is 1.74. The van der Waals surface area contributed by atoms with Gasteiger partial charge in [0.2, 0.25) is 0 Å². The molecule has 0 amide bonds. The van der Waals surface area contributed by atoms with Gasteiger partial charge in [0.15, 0.2) is 0 Å². The summed E-state index contributed by atoms with van der Waals surface area (Å²) in [6.07, 6.45) is 6.28. The van der Waals surface area contributed by atoms with Crippen LogP contribution in [0.2, 0.25) is 0 Å². The van der Waals surface area contributed by atoms with Gasteiger partial charge in [-0.3, -0.25) is 4.99 Å². The number of rotatable bonds is 5. The molecule has 2 atom stereocenters. The molecular formula is C28H40N2O2. The highest BCUT2D eigenvalue weighted by molar-refractivity contribution is 5.84. The van der Waals surface area contributed by atoms with E-state index in [1.165, 1.54) is 12.8 Å². The first kappa shape index (κ1) is 24.3. The minimum atomic E-state index is -0.119. The van der Waals surface area contributed by atoms with Gasteiger partial charge in [-0.15, -0.1) is 0 Å². The minimum Gasteiger partial charge on any atom is -0.507 e. The Kier molecular flexibility index (Phi) is 7.34. The van der Waals surface area contributed by atoms with Crippen molar-refractivity contribution in [2.45, 2.75) is 96.7 Å². The molecule has 4 heteroatoms. The van der Waals surface area contributed by atoms with Crippen LogP contribution in [0.15, 0.2) is 41.4 Å². The SMILES string of the molecule is CC(C)(C)c1cccc(C=N[C@@H]2CCCC[C@H]2NCc2cccc(C(C)(C)C)c2O)c1O. The standard InChI is InChI=1S/C28H40N2O2/c1-27(2,3)21-13-9-11-19(25(21)31)17-29-23-15-7-8-16-24(23)30-18-20-12-10-14-22(26(20)32)28(4,5)6/h9-14,17,23-24,30-32H,7-8,15-16,18H2,1-6H3/t23-,24-/m1/s1. The van der Waals surface area contributed by atoms with Gasteiger partial charge in [0, 0.05) is 29.9 Å². The maximum absolute atomic E-state index is 10.8. The molecule has 32 heavy (non-hydrogen) atoms. The zero-order valence-electron chi connectivity index (χ0n) is 20.6. The van der Waals surface area contributed by atoms with Crippen LogP contribution in [0, 0.1) is 0 Å². The summed E-state index contributed by atoms with van der Waals surface area (Å²) >= 11 is 0. The van der Waals surface area contributed by atoms with Crippen molar-refractivity contribution in [2.24, 2.45) is 4.99 Å². The Morgan fingerprint density at radius 3 is 2.12 bits per heavy atom. The molecule has 1 aliphatic carbocycles. The Bertz CT molecular complexity index is 951. The average Bonchev–Trinajstić information content (AvgIpc) is 2.71. The molecule has 0 saturated heterocycles. The molecule has 0 heterocycles. The van der Waals surface area contributed by atoms with Gasteiger partial charge in [0.05, 0.1) is 6.04 Å². The molecule has 0 radical (unpaired) electrons. The van der Waals surface area contributed by atoms with Gasteiger partial charge in [-0.05, 0) is 40.9 Å². The second kappa shape index (κ2) is 9.66. The van der Waals surface area contributed by atoms with E-state index in [0.29, 0.717) is 18.0 Å². The molecule has 0 aliphatic heterocycles. The van der Waals surface area contributed by atoms with Crippen LogP contribution in [0.1, 0.15) is 89.5 Å². The number of nitrogens with zero attached hydrogens (tertiary/aromatic N) is 1. The predicted molar refractivity (Wildman–Crippen MR) is 134 cm³/mol. The fourth-order valence-electron chi connectivity index (χ4n) is 4.55. The van der Waals surface area contributed by atoms with Crippen LogP contribution in [-0.2, 0) is 17.4 Å². The smallest absolute Gasteiger partial charge is 0.128 e. The Hall–Kier alpha value is -2.33. The first-order valence-corrected chi connectivity index (χ1v) is 11.9. The van der Waals surface area contributed by atoms with E-state index in [-0.39, 0.29) is 22.9 Å². The van der Waals surface area contributed by atoms with Gasteiger partial charge in [0.25, 0.3) is 0 Å². The molecule has 1 aliphatic rings. The molecule has 0 unspecified atom stereocenters. The zero-order chi connectivity index (χ0) is 23.5. The van der Waals surface area contributed by atoms with E-state index in [4.69, 9.17) is 4.99 Å². The summed E-state index contributed by atoms with van der Waals surface area (Å²) in [6, 6.07) is 12.3. The number of hydrogen-bond acceptors (Lipinski definition) is 4. The van der Waals surface area contributed by atoms with E-state index in [1.807, 2.05) is 42.6 Å². The summed E-state index contributed by atoms with van der Waals surface area (Å²) in [6.45, 7) is 13.3. The van der Waals surface area contributed by atoms with Crippen molar-refractivity contribution in [3.8, 4) is 11.5 Å². The van der Waals surface area contributed by atoms with Crippen LogP contribution in [0.5, 0.6) is 11.5 Å². The van der Waals surface area contributed by atoms with Crippen LogP contribution in [0.4, 0.5) is 0 Å². The lowest BCUT2D eigenvalue weighted by Crippen LogP contribution is -2.41. The number of phenolic OH excluding ortho intramolecular Hbond substituents is 2. The molecule has 1 fully saturated rings. The van der Waals surface area contributed by atoms with E-state index < -0.39 is 0 Å². The van der Waals surface area contributed by atoms with Crippen LogP contribution in [-0.4, -0.2) is 28.5 Å². The van der Waals surface area contributed by atoms with Crippen LogP contribution in [0.25, 0.3) is 0 Å². The molecular weight excluding hydrogens is 396 g/mol. The quantitative estimate of drug-likeness (QED) is 0.488. The lowest BCUT2D eigenvalue weighted by molar-refractivity contribution is 0.326. The van der Waals surface area contributed by atoms with Crippen LogP contribution < -0.4 is 5.32 Å². The van der Waals surface area contributed by atoms with Crippen molar-refractivity contribution in [1.82, 2.24) is 5.32 Å². The third-order valence-electron chi connectivity index (χ3n) is 6.49. The fraction of sp³-hybridized carbons (Fsp3) is 0.536. The molecule has 2 aromatic carbocycles. The van der Waals surface area contributed by atoms with Crippen molar-refractivity contribution in [2.75, 3.05) is 0 Å². The third kappa shape index (κ3) is 5.72.